The van der Waals surface area contributed by atoms with Crippen LogP contribution in [-0.4, -0.2) is 5.97 Å². The lowest BCUT2D eigenvalue weighted by Crippen LogP contribution is -2.34. The minimum Gasteiger partial charge on any atom is -0.545 e. The van der Waals surface area contributed by atoms with Gasteiger partial charge in [-0.2, -0.15) is 0 Å². The second-order valence-electron chi connectivity index (χ2n) is 3.84. The molecule has 0 unspecified atom stereocenters. The molecule has 0 saturated carbocycles. The van der Waals surface area contributed by atoms with Gasteiger partial charge in [-0.3, -0.25) is 0 Å². The topological polar surface area (TPSA) is 40.1 Å². The summed E-state index contributed by atoms with van der Waals surface area (Å²) in [4.78, 5) is 10.8. The standard InChI is InChI=1S/C10H14O2/c1-7-5-4-6-10(2,3)8(7)9(11)12/h4-5H,6H2,1-3H3,(H,11,12)/p-1. The van der Waals surface area contributed by atoms with E-state index in [0.717, 1.165) is 12.0 Å². The number of carbonyl (C=O) groups excluding carboxylic acids is 1. The molecule has 66 valence electrons. The smallest absolute Gasteiger partial charge is 0.0683 e. The van der Waals surface area contributed by atoms with Crippen molar-refractivity contribution in [1.82, 2.24) is 0 Å². The number of carboxylic acids is 1. The molecule has 2 nitrogen and oxygen atoms in total. The van der Waals surface area contributed by atoms with Crippen LogP contribution in [0.5, 0.6) is 0 Å². The normalized spacial score (nSPS) is 21.2. The average molecular weight is 165 g/mol. The molecule has 0 aromatic carbocycles. The van der Waals surface area contributed by atoms with E-state index in [0.29, 0.717) is 5.57 Å². The van der Waals surface area contributed by atoms with Gasteiger partial charge in [0.15, 0.2) is 0 Å². The molecule has 0 radical (unpaired) electrons. The first-order valence-electron chi connectivity index (χ1n) is 4.04. The van der Waals surface area contributed by atoms with E-state index in [1.54, 1.807) is 0 Å². The largest absolute Gasteiger partial charge is 0.545 e. The molecule has 0 aromatic heterocycles. The summed E-state index contributed by atoms with van der Waals surface area (Å²) in [5, 5.41) is 10.8. The minimum atomic E-state index is -1.04. The van der Waals surface area contributed by atoms with Crippen LogP contribution < -0.4 is 5.11 Å². The Morgan fingerprint density at radius 3 is 2.50 bits per heavy atom. The van der Waals surface area contributed by atoms with Gasteiger partial charge in [-0.15, -0.1) is 0 Å². The van der Waals surface area contributed by atoms with Crippen molar-refractivity contribution in [3.8, 4) is 0 Å². The maximum Gasteiger partial charge on any atom is 0.0683 e. The van der Waals surface area contributed by atoms with Gasteiger partial charge in [0, 0.05) is 0 Å². The lowest BCUT2D eigenvalue weighted by atomic mass is 9.76. The van der Waals surface area contributed by atoms with Crippen molar-refractivity contribution in [1.29, 1.82) is 0 Å². The first-order valence-corrected chi connectivity index (χ1v) is 4.04. The first-order chi connectivity index (χ1) is 5.45. The van der Waals surface area contributed by atoms with Crippen molar-refractivity contribution >= 4 is 5.97 Å². The summed E-state index contributed by atoms with van der Waals surface area (Å²) in [5.41, 5.74) is 0.966. The fraction of sp³-hybridized carbons (Fsp3) is 0.500. The van der Waals surface area contributed by atoms with Crippen LogP contribution in [0.25, 0.3) is 0 Å². The summed E-state index contributed by atoms with van der Waals surface area (Å²) in [7, 11) is 0. The summed E-state index contributed by atoms with van der Waals surface area (Å²) >= 11 is 0. The molecule has 0 spiro atoms. The molecule has 0 bridgehead atoms. The van der Waals surface area contributed by atoms with Gasteiger partial charge in [0.25, 0.3) is 0 Å². The molecule has 0 aliphatic heterocycles. The van der Waals surface area contributed by atoms with Crippen LogP contribution in [0.2, 0.25) is 0 Å². The fourth-order valence-corrected chi connectivity index (χ4v) is 1.69. The molecule has 1 aliphatic rings. The Balaban J connectivity index is 3.17. The van der Waals surface area contributed by atoms with E-state index in [1.165, 1.54) is 0 Å². The highest BCUT2D eigenvalue weighted by Crippen LogP contribution is 2.36. The zero-order valence-electron chi connectivity index (χ0n) is 7.68. The van der Waals surface area contributed by atoms with Gasteiger partial charge in [0.1, 0.15) is 0 Å². The molecule has 0 N–H and O–H groups in total. The Bertz CT molecular complexity index is 270. The number of aliphatic carboxylic acids is 1. The number of rotatable bonds is 1. The van der Waals surface area contributed by atoms with E-state index in [9.17, 15) is 9.90 Å². The van der Waals surface area contributed by atoms with Crippen LogP contribution in [-0.2, 0) is 4.79 Å². The highest BCUT2D eigenvalue weighted by Gasteiger charge is 2.26. The molecule has 1 aliphatic carbocycles. The summed E-state index contributed by atoms with van der Waals surface area (Å²) in [6, 6.07) is 0. The molecule has 12 heavy (non-hydrogen) atoms. The van der Waals surface area contributed by atoms with Crippen LogP contribution in [0.1, 0.15) is 27.2 Å². The molecule has 2 heteroatoms. The van der Waals surface area contributed by atoms with Crippen molar-refractivity contribution in [3.63, 3.8) is 0 Å². The SMILES string of the molecule is CC1=C(C(=O)[O-])C(C)(C)CC=C1. The predicted molar refractivity (Wildman–Crippen MR) is 45.2 cm³/mol. The number of carbonyl (C=O) groups is 1. The third-order valence-electron chi connectivity index (χ3n) is 2.27. The number of allylic oxidation sites excluding steroid dienone is 3. The van der Waals surface area contributed by atoms with Crippen LogP contribution in [0.4, 0.5) is 0 Å². The molecule has 0 heterocycles. The van der Waals surface area contributed by atoms with E-state index in [1.807, 2.05) is 32.9 Å². The minimum absolute atomic E-state index is 0.280. The highest BCUT2D eigenvalue weighted by atomic mass is 16.4. The van der Waals surface area contributed by atoms with Crippen LogP contribution >= 0.6 is 0 Å². The number of hydrogen-bond acceptors (Lipinski definition) is 2. The molecule has 0 amide bonds. The van der Waals surface area contributed by atoms with E-state index in [2.05, 4.69) is 0 Å². The van der Waals surface area contributed by atoms with Crippen molar-refractivity contribution in [3.05, 3.63) is 23.3 Å². The number of hydrogen-bond donors (Lipinski definition) is 0. The van der Waals surface area contributed by atoms with Crippen LogP contribution in [0.3, 0.4) is 0 Å². The molecule has 0 saturated heterocycles. The predicted octanol–water partition coefficient (Wildman–Crippen LogP) is 1.04. The van der Waals surface area contributed by atoms with E-state index >= 15 is 0 Å². The van der Waals surface area contributed by atoms with Gasteiger partial charge in [0.2, 0.25) is 0 Å². The van der Waals surface area contributed by atoms with Crippen LogP contribution in [0.15, 0.2) is 23.3 Å². The Labute approximate surface area is 72.6 Å². The lowest BCUT2D eigenvalue weighted by Gasteiger charge is -2.31. The zero-order chi connectivity index (χ0) is 9.35. The Morgan fingerprint density at radius 1 is 1.58 bits per heavy atom. The van der Waals surface area contributed by atoms with Crippen molar-refractivity contribution in [2.24, 2.45) is 5.41 Å². The molecular formula is C10H13O2-. The third-order valence-corrected chi connectivity index (χ3v) is 2.27. The summed E-state index contributed by atoms with van der Waals surface area (Å²) in [6.45, 7) is 5.65. The quantitative estimate of drug-likeness (QED) is 0.582. The van der Waals surface area contributed by atoms with Gasteiger partial charge >= 0.3 is 0 Å². The van der Waals surface area contributed by atoms with Gasteiger partial charge in [-0.05, 0) is 29.9 Å². The Hall–Kier alpha value is -1.05. The van der Waals surface area contributed by atoms with Crippen LogP contribution in [0, 0.1) is 5.41 Å². The van der Waals surface area contributed by atoms with Crippen molar-refractivity contribution < 1.29 is 9.90 Å². The Kier molecular flexibility index (Phi) is 2.09. The second kappa shape index (κ2) is 2.77. The first kappa shape index (κ1) is 9.04. The van der Waals surface area contributed by atoms with Crippen molar-refractivity contribution in [2.75, 3.05) is 0 Å². The van der Waals surface area contributed by atoms with Crippen molar-refractivity contribution in [2.45, 2.75) is 27.2 Å². The van der Waals surface area contributed by atoms with E-state index in [4.69, 9.17) is 0 Å². The monoisotopic (exact) mass is 165 g/mol. The van der Waals surface area contributed by atoms with E-state index in [-0.39, 0.29) is 5.41 Å². The highest BCUT2D eigenvalue weighted by molar-refractivity contribution is 5.88. The Morgan fingerprint density at radius 2 is 2.17 bits per heavy atom. The van der Waals surface area contributed by atoms with Gasteiger partial charge in [-0.25, -0.2) is 0 Å². The molecule has 0 atom stereocenters. The van der Waals surface area contributed by atoms with Gasteiger partial charge in [-0.1, -0.05) is 26.0 Å². The van der Waals surface area contributed by atoms with Gasteiger partial charge in [0.05, 0.1) is 5.97 Å². The average Bonchev–Trinajstić information content (AvgIpc) is 1.82. The molecule has 1 rings (SSSR count). The summed E-state index contributed by atoms with van der Waals surface area (Å²) < 4.78 is 0. The molecule has 0 fully saturated rings. The zero-order valence-corrected chi connectivity index (χ0v) is 7.68. The molecular weight excluding hydrogens is 152 g/mol. The number of carboxylic acid groups (broad SMARTS) is 1. The van der Waals surface area contributed by atoms with Gasteiger partial charge < -0.3 is 9.90 Å². The summed E-state index contributed by atoms with van der Waals surface area (Å²) in [5.74, 6) is -1.04. The maximum atomic E-state index is 10.8. The second-order valence-corrected chi connectivity index (χ2v) is 3.84. The lowest BCUT2D eigenvalue weighted by molar-refractivity contribution is -0.300. The fourth-order valence-electron chi connectivity index (χ4n) is 1.69. The third kappa shape index (κ3) is 1.42. The van der Waals surface area contributed by atoms with E-state index < -0.39 is 5.97 Å². The molecule has 0 aromatic rings. The maximum absolute atomic E-state index is 10.8. The summed E-state index contributed by atoms with van der Waals surface area (Å²) in [6.07, 6.45) is 4.62.